The van der Waals surface area contributed by atoms with Crippen LogP contribution >= 0.6 is 0 Å². The lowest BCUT2D eigenvalue weighted by molar-refractivity contribution is -0.118. The van der Waals surface area contributed by atoms with Crippen molar-refractivity contribution in [3.63, 3.8) is 0 Å². The van der Waals surface area contributed by atoms with Crippen LogP contribution < -0.4 is 24.4 Å². The van der Waals surface area contributed by atoms with Crippen LogP contribution in [0.2, 0.25) is 0 Å². The number of nitrogens with one attached hydrogen (secondary N) is 1. The summed E-state index contributed by atoms with van der Waals surface area (Å²) < 4.78 is 15.9. The lowest BCUT2D eigenvalue weighted by atomic mass is 10.0. The molecule has 0 unspecified atom stereocenters. The molecule has 0 saturated heterocycles. The predicted octanol–water partition coefficient (Wildman–Crippen LogP) is 3.27. The number of hydrogen-bond donors (Lipinski definition) is 1. The second kappa shape index (κ2) is 8.68. The van der Waals surface area contributed by atoms with E-state index in [1.807, 2.05) is 12.1 Å². The van der Waals surface area contributed by atoms with E-state index in [-0.39, 0.29) is 11.8 Å². The Morgan fingerprint density at radius 2 is 1.72 bits per heavy atom. The molecule has 0 aliphatic carbocycles. The number of methoxy groups -OCH3 is 3. The average Bonchev–Trinajstić information content (AvgIpc) is 2.74. The van der Waals surface area contributed by atoms with Gasteiger partial charge in [0.1, 0.15) is 0 Å². The molecule has 2 aromatic carbocycles. The first-order valence-electron chi connectivity index (χ1n) is 9.15. The molecule has 1 aliphatic rings. The fourth-order valence-corrected chi connectivity index (χ4v) is 3.29. The Balaban J connectivity index is 1.74. The summed E-state index contributed by atoms with van der Waals surface area (Å²) in [6.45, 7) is 0. The standard InChI is InChI=1S/C22H24N2O5/c1-24-17-8-7-16(13-15(17)6-10-21(24)26)23-20(25)9-5-14-11-18(27-2)22(29-4)19(12-14)28-3/h5,7-9,11-13H,6,10H2,1-4H3,(H,23,25)/b9-5+. The number of benzene rings is 2. The van der Waals surface area contributed by atoms with Gasteiger partial charge in [0, 0.05) is 30.9 Å². The second-order valence-corrected chi connectivity index (χ2v) is 6.58. The molecule has 7 heteroatoms. The Morgan fingerprint density at radius 1 is 1.03 bits per heavy atom. The highest BCUT2D eigenvalue weighted by Gasteiger charge is 2.20. The van der Waals surface area contributed by atoms with Gasteiger partial charge in [0.15, 0.2) is 11.5 Å². The van der Waals surface area contributed by atoms with Crippen molar-refractivity contribution in [2.75, 3.05) is 38.6 Å². The maximum Gasteiger partial charge on any atom is 0.248 e. The van der Waals surface area contributed by atoms with Crippen LogP contribution in [0, 0.1) is 0 Å². The van der Waals surface area contributed by atoms with E-state index in [1.54, 1.807) is 50.4 Å². The quantitative estimate of drug-likeness (QED) is 0.759. The van der Waals surface area contributed by atoms with E-state index in [4.69, 9.17) is 14.2 Å². The third-order valence-electron chi connectivity index (χ3n) is 4.80. The number of carbonyl (C=O) groups excluding carboxylic acids is 2. The molecular formula is C22H24N2O5. The fourth-order valence-electron chi connectivity index (χ4n) is 3.29. The van der Waals surface area contributed by atoms with Crippen molar-refractivity contribution in [2.45, 2.75) is 12.8 Å². The van der Waals surface area contributed by atoms with Gasteiger partial charge in [0.2, 0.25) is 17.6 Å². The van der Waals surface area contributed by atoms with Gasteiger partial charge in [-0.05, 0) is 54.0 Å². The van der Waals surface area contributed by atoms with Crippen molar-refractivity contribution >= 4 is 29.3 Å². The van der Waals surface area contributed by atoms with Crippen molar-refractivity contribution in [2.24, 2.45) is 0 Å². The molecule has 1 aliphatic heterocycles. The van der Waals surface area contributed by atoms with Gasteiger partial charge >= 0.3 is 0 Å². The summed E-state index contributed by atoms with van der Waals surface area (Å²) in [5.41, 5.74) is 3.34. The Morgan fingerprint density at radius 3 is 2.34 bits per heavy atom. The third kappa shape index (κ3) is 4.34. The molecule has 0 fully saturated rings. The lowest BCUT2D eigenvalue weighted by Crippen LogP contribution is -2.31. The number of aryl methyl sites for hydroxylation is 1. The molecule has 3 rings (SSSR count). The minimum Gasteiger partial charge on any atom is -0.493 e. The first-order valence-corrected chi connectivity index (χ1v) is 9.15. The highest BCUT2D eigenvalue weighted by molar-refractivity contribution is 6.02. The van der Waals surface area contributed by atoms with Crippen LogP contribution in [0.5, 0.6) is 17.2 Å². The van der Waals surface area contributed by atoms with Gasteiger partial charge in [0.25, 0.3) is 0 Å². The molecule has 0 bridgehead atoms. The van der Waals surface area contributed by atoms with Crippen LogP contribution in [0.25, 0.3) is 6.08 Å². The second-order valence-electron chi connectivity index (χ2n) is 6.58. The van der Waals surface area contributed by atoms with Gasteiger partial charge in [-0.25, -0.2) is 0 Å². The first-order chi connectivity index (χ1) is 14.0. The van der Waals surface area contributed by atoms with E-state index >= 15 is 0 Å². The number of carbonyl (C=O) groups is 2. The Bertz CT molecular complexity index is 943. The number of amides is 2. The zero-order valence-electron chi connectivity index (χ0n) is 16.9. The van der Waals surface area contributed by atoms with Crippen molar-refractivity contribution in [3.8, 4) is 17.2 Å². The molecule has 7 nitrogen and oxygen atoms in total. The van der Waals surface area contributed by atoms with Crippen LogP contribution in [0.1, 0.15) is 17.5 Å². The minimum atomic E-state index is -0.265. The maximum atomic E-state index is 12.4. The van der Waals surface area contributed by atoms with E-state index in [0.717, 1.165) is 16.8 Å². The molecule has 0 atom stereocenters. The van der Waals surface area contributed by atoms with Crippen molar-refractivity contribution < 1.29 is 23.8 Å². The molecular weight excluding hydrogens is 372 g/mol. The number of rotatable bonds is 6. The summed E-state index contributed by atoms with van der Waals surface area (Å²) in [4.78, 5) is 25.8. The molecule has 0 radical (unpaired) electrons. The average molecular weight is 396 g/mol. The Labute approximate surface area is 169 Å². The summed E-state index contributed by atoms with van der Waals surface area (Å²) in [5.74, 6) is 1.36. The first kappa shape index (κ1) is 20.3. The zero-order chi connectivity index (χ0) is 21.0. The van der Waals surface area contributed by atoms with Crippen LogP contribution in [0.3, 0.4) is 0 Å². The van der Waals surface area contributed by atoms with Crippen LogP contribution in [0.4, 0.5) is 11.4 Å². The smallest absolute Gasteiger partial charge is 0.248 e. The summed E-state index contributed by atoms with van der Waals surface area (Å²) in [6, 6.07) is 9.07. The molecule has 1 heterocycles. The molecule has 2 aromatic rings. The summed E-state index contributed by atoms with van der Waals surface area (Å²) in [7, 11) is 6.38. The highest BCUT2D eigenvalue weighted by atomic mass is 16.5. The van der Waals surface area contributed by atoms with E-state index in [2.05, 4.69) is 5.32 Å². The summed E-state index contributed by atoms with van der Waals surface area (Å²) in [6.07, 6.45) is 4.26. The van der Waals surface area contributed by atoms with Gasteiger partial charge in [0.05, 0.1) is 21.3 Å². The van der Waals surface area contributed by atoms with Crippen LogP contribution in [-0.4, -0.2) is 40.2 Å². The Hall–Kier alpha value is -3.48. The van der Waals surface area contributed by atoms with Crippen molar-refractivity contribution in [1.29, 1.82) is 0 Å². The van der Waals surface area contributed by atoms with Gasteiger partial charge in [-0.1, -0.05) is 0 Å². The summed E-state index contributed by atoms with van der Waals surface area (Å²) in [5, 5.41) is 2.85. The minimum absolute atomic E-state index is 0.0996. The lowest BCUT2D eigenvalue weighted by Gasteiger charge is -2.26. The van der Waals surface area contributed by atoms with E-state index in [0.29, 0.717) is 35.8 Å². The number of fused-ring (bicyclic) bond motifs is 1. The number of anilines is 2. The van der Waals surface area contributed by atoms with E-state index < -0.39 is 0 Å². The van der Waals surface area contributed by atoms with Crippen molar-refractivity contribution in [3.05, 3.63) is 47.5 Å². The predicted molar refractivity (Wildman–Crippen MR) is 112 cm³/mol. The molecule has 29 heavy (non-hydrogen) atoms. The normalized spacial score (nSPS) is 13.2. The van der Waals surface area contributed by atoms with E-state index in [9.17, 15) is 9.59 Å². The van der Waals surface area contributed by atoms with Gasteiger partial charge in [-0.3, -0.25) is 9.59 Å². The zero-order valence-corrected chi connectivity index (χ0v) is 16.9. The summed E-state index contributed by atoms with van der Waals surface area (Å²) >= 11 is 0. The van der Waals surface area contributed by atoms with Crippen LogP contribution in [0.15, 0.2) is 36.4 Å². The number of nitrogens with zero attached hydrogens (tertiary/aromatic N) is 1. The SMILES string of the molecule is COc1cc(/C=C/C(=O)Nc2ccc3c(c2)CCC(=O)N3C)cc(OC)c1OC. The monoisotopic (exact) mass is 396 g/mol. The van der Waals surface area contributed by atoms with Crippen LogP contribution in [-0.2, 0) is 16.0 Å². The molecule has 0 saturated carbocycles. The largest absolute Gasteiger partial charge is 0.493 e. The van der Waals surface area contributed by atoms with E-state index in [1.165, 1.54) is 13.2 Å². The molecule has 0 spiro atoms. The molecule has 1 N–H and O–H groups in total. The topological polar surface area (TPSA) is 77.1 Å². The number of hydrogen-bond acceptors (Lipinski definition) is 5. The van der Waals surface area contributed by atoms with Gasteiger partial charge in [-0.2, -0.15) is 0 Å². The number of ether oxygens (including phenoxy) is 3. The fraction of sp³-hybridized carbons (Fsp3) is 0.273. The molecule has 0 aromatic heterocycles. The van der Waals surface area contributed by atoms with Gasteiger partial charge in [-0.15, -0.1) is 0 Å². The van der Waals surface area contributed by atoms with Gasteiger partial charge < -0.3 is 24.4 Å². The molecule has 152 valence electrons. The third-order valence-corrected chi connectivity index (χ3v) is 4.80. The van der Waals surface area contributed by atoms with Crippen molar-refractivity contribution in [1.82, 2.24) is 0 Å². The molecule has 2 amide bonds. The maximum absolute atomic E-state index is 12.4. The Kier molecular flexibility index (Phi) is 6.07. The highest BCUT2D eigenvalue weighted by Crippen LogP contribution is 2.38.